The average molecular weight is 304 g/mol. The van der Waals surface area contributed by atoms with Crippen LogP contribution in [0.15, 0.2) is 0 Å². The molecule has 3 rings (SSSR count). The fourth-order valence-corrected chi connectivity index (χ4v) is 5.58. The molecule has 1 saturated heterocycles. The molecule has 2 saturated carbocycles. The van der Waals surface area contributed by atoms with Gasteiger partial charge in [-0.3, -0.25) is 4.90 Å². The number of rotatable bonds is 1. The maximum atomic E-state index is 13.2. The molecular formula is C16H27F3N2. The number of halogens is 3. The SMILES string of the molecule is CC12CCC(C1)C(C)(C)C2N1CCNCC(C(F)(F)F)C1. The Bertz CT molecular complexity index is 402. The fraction of sp³-hybridized carbons (Fsp3) is 1.00. The molecular weight excluding hydrogens is 277 g/mol. The minimum atomic E-state index is -4.10. The van der Waals surface area contributed by atoms with E-state index in [2.05, 4.69) is 31.0 Å². The lowest BCUT2D eigenvalue weighted by Gasteiger charge is -2.49. The van der Waals surface area contributed by atoms with Gasteiger partial charge in [-0.15, -0.1) is 0 Å². The van der Waals surface area contributed by atoms with Gasteiger partial charge in [-0.1, -0.05) is 20.8 Å². The van der Waals surface area contributed by atoms with Crippen molar-refractivity contribution in [3.05, 3.63) is 0 Å². The van der Waals surface area contributed by atoms with Crippen molar-refractivity contribution in [2.45, 2.75) is 52.3 Å². The van der Waals surface area contributed by atoms with Crippen molar-refractivity contribution in [2.24, 2.45) is 22.7 Å². The third-order valence-electron chi connectivity index (χ3n) is 6.44. The quantitative estimate of drug-likeness (QED) is 0.800. The third kappa shape index (κ3) is 2.50. The van der Waals surface area contributed by atoms with E-state index < -0.39 is 12.1 Å². The van der Waals surface area contributed by atoms with Gasteiger partial charge in [0.1, 0.15) is 0 Å². The van der Waals surface area contributed by atoms with Gasteiger partial charge < -0.3 is 5.32 Å². The molecule has 3 aliphatic rings. The van der Waals surface area contributed by atoms with Crippen molar-refractivity contribution < 1.29 is 13.2 Å². The number of hydrogen-bond acceptors (Lipinski definition) is 2. The molecule has 0 aromatic heterocycles. The maximum Gasteiger partial charge on any atom is 0.394 e. The molecule has 0 aromatic carbocycles. The predicted octanol–water partition coefficient (Wildman–Crippen LogP) is 3.28. The van der Waals surface area contributed by atoms with Gasteiger partial charge in [0.25, 0.3) is 0 Å². The summed E-state index contributed by atoms with van der Waals surface area (Å²) in [5, 5.41) is 2.98. The van der Waals surface area contributed by atoms with Crippen LogP contribution < -0.4 is 5.32 Å². The van der Waals surface area contributed by atoms with Gasteiger partial charge >= 0.3 is 6.18 Å². The second-order valence-electron chi connectivity index (χ2n) is 8.26. The highest BCUT2D eigenvalue weighted by atomic mass is 19.4. The van der Waals surface area contributed by atoms with Crippen LogP contribution in [0.1, 0.15) is 40.0 Å². The van der Waals surface area contributed by atoms with Crippen molar-refractivity contribution in [3.8, 4) is 0 Å². The molecule has 2 aliphatic carbocycles. The minimum absolute atomic E-state index is 0.0628. The lowest BCUT2D eigenvalue weighted by Crippen LogP contribution is -2.55. The molecule has 1 heterocycles. The van der Waals surface area contributed by atoms with Crippen LogP contribution in [0, 0.1) is 22.7 Å². The van der Waals surface area contributed by atoms with Crippen LogP contribution >= 0.6 is 0 Å². The summed E-state index contributed by atoms with van der Waals surface area (Å²) in [5.41, 5.74) is 0.335. The number of alkyl halides is 3. The molecule has 0 aromatic rings. The first-order valence-electron chi connectivity index (χ1n) is 8.16. The predicted molar refractivity (Wildman–Crippen MR) is 77.0 cm³/mol. The van der Waals surface area contributed by atoms with E-state index in [-0.39, 0.29) is 30.0 Å². The molecule has 0 amide bonds. The molecule has 0 radical (unpaired) electrons. The van der Waals surface area contributed by atoms with Crippen LogP contribution in [0.4, 0.5) is 13.2 Å². The largest absolute Gasteiger partial charge is 0.394 e. The molecule has 4 unspecified atom stereocenters. The molecule has 3 fully saturated rings. The first kappa shape index (κ1) is 15.6. The fourth-order valence-electron chi connectivity index (χ4n) is 5.58. The van der Waals surface area contributed by atoms with E-state index in [9.17, 15) is 13.2 Å². The molecule has 21 heavy (non-hydrogen) atoms. The summed E-state index contributed by atoms with van der Waals surface area (Å²) in [6, 6.07) is 0.286. The van der Waals surface area contributed by atoms with E-state index in [4.69, 9.17) is 0 Å². The van der Waals surface area contributed by atoms with Gasteiger partial charge in [0.05, 0.1) is 5.92 Å². The first-order valence-corrected chi connectivity index (χ1v) is 8.16. The highest BCUT2D eigenvalue weighted by Gasteiger charge is 2.61. The Morgan fingerprint density at radius 1 is 1.19 bits per heavy atom. The molecule has 122 valence electrons. The Labute approximate surface area is 125 Å². The lowest BCUT2D eigenvalue weighted by molar-refractivity contribution is -0.180. The number of nitrogens with one attached hydrogen (secondary N) is 1. The summed E-state index contributed by atoms with van der Waals surface area (Å²) < 4.78 is 39.6. The van der Waals surface area contributed by atoms with Crippen LogP contribution in [-0.2, 0) is 0 Å². The van der Waals surface area contributed by atoms with Crippen molar-refractivity contribution in [1.29, 1.82) is 0 Å². The van der Waals surface area contributed by atoms with Crippen LogP contribution in [0.3, 0.4) is 0 Å². The van der Waals surface area contributed by atoms with Crippen molar-refractivity contribution >= 4 is 0 Å². The van der Waals surface area contributed by atoms with E-state index in [1.807, 2.05) is 0 Å². The second kappa shape index (κ2) is 4.85. The number of hydrogen-bond donors (Lipinski definition) is 1. The van der Waals surface area contributed by atoms with E-state index in [1.165, 1.54) is 19.3 Å². The summed E-state index contributed by atoms with van der Waals surface area (Å²) in [4.78, 5) is 2.16. The van der Waals surface area contributed by atoms with Gasteiger partial charge in [0, 0.05) is 32.2 Å². The van der Waals surface area contributed by atoms with Gasteiger partial charge in [0.15, 0.2) is 0 Å². The second-order valence-corrected chi connectivity index (χ2v) is 8.26. The standard InChI is InChI=1S/C16H27F3N2/c1-14(2)11-4-5-15(3,8-11)13(14)21-7-6-20-9-12(10-21)16(17,18)19/h11-13,20H,4-10H2,1-3H3. The Morgan fingerprint density at radius 2 is 1.90 bits per heavy atom. The average Bonchev–Trinajstić information content (AvgIpc) is 2.69. The zero-order valence-electron chi connectivity index (χ0n) is 13.3. The van der Waals surface area contributed by atoms with E-state index in [0.717, 1.165) is 6.54 Å². The number of fused-ring (bicyclic) bond motifs is 2. The van der Waals surface area contributed by atoms with Crippen molar-refractivity contribution in [1.82, 2.24) is 10.2 Å². The van der Waals surface area contributed by atoms with Gasteiger partial charge in [-0.2, -0.15) is 13.2 Å². The monoisotopic (exact) mass is 304 g/mol. The van der Waals surface area contributed by atoms with E-state index >= 15 is 0 Å². The first-order chi connectivity index (χ1) is 9.64. The van der Waals surface area contributed by atoms with Crippen LogP contribution in [0.5, 0.6) is 0 Å². The highest BCUT2D eigenvalue weighted by molar-refractivity contribution is 5.13. The van der Waals surface area contributed by atoms with Gasteiger partial charge in [-0.25, -0.2) is 0 Å². The Hall–Kier alpha value is -0.290. The molecule has 1 N–H and O–H groups in total. The molecule has 5 heteroatoms. The molecule has 2 bridgehead atoms. The minimum Gasteiger partial charge on any atom is -0.315 e. The van der Waals surface area contributed by atoms with Crippen molar-refractivity contribution in [3.63, 3.8) is 0 Å². The Morgan fingerprint density at radius 3 is 2.48 bits per heavy atom. The summed E-state index contributed by atoms with van der Waals surface area (Å²) >= 11 is 0. The zero-order chi connectivity index (χ0) is 15.5. The van der Waals surface area contributed by atoms with E-state index in [1.54, 1.807) is 0 Å². The zero-order valence-corrected chi connectivity index (χ0v) is 13.3. The van der Waals surface area contributed by atoms with Crippen molar-refractivity contribution in [2.75, 3.05) is 26.2 Å². The highest BCUT2D eigenvalue weighted by Crippen LogP contribution is 2.64. The smallest absolute Gasteiger partial charge is 0.315 e. The Balaban J connectivity index is 1.85. The Kier molecular flexibility index (Phi) is 3.60. The molecule has 0 spiro atoms. The van der Waals surface area contributed by atoms with Gasteiger partial charge in [0.2, 0.25) is 0 Å². The summed E-state index contributed by atoms with van der Waals surface area (Å²) in [6.07, 6.45) is -0.495. The van der Waals surface area contributed by atoms with Crippen LogP contribution in [-0.4, -0.2) is 43.3 Å². The lowest BCUT2D eigenvalue weighted by atomic mass is 9.67. The van der Waals surface area contributed by atoms with E-state index in [0.29, 0.717) is 12.5 Å². The molecule has 2 nitrogen and oxygen atoms in total. The van der Waals surface area contributed by atoms with Crippen LogP contribution in [0.2, 0.25) is 0 Å². The summed E-state index contributed by atoms with van der Waals surface area (Å²) in [7, 11) is 0. The topological polar surface area (TPSA) is 15.3 Å². The van der Waals surface area contributed by atoms with Gasteiger partial charge in [-0.05, 0) is 36.0 Å². The maximum absolute atomic E-state index is 13.2. The molecule has 1 aliphatic heterocycles. The third-order valence-corrected chi connectivity index (χ3v) is 6.44. The summed E-state index contributed by atoms with van der Waals surface area (Å²) in [5.74, 6) is -0.563. The number of nitrogens with zero attached hydrogens (tertiary/aromatic N) is 1. The van der Waals surface area contributed by atoms with Crippen LogP contribution in [0.25, 0.3) is 0 Å². The normalized spacial score (nSPS) is 44.0. The summed E-state index contributed by atoms with van der Waals surface area (Å²) in [6.45, 7) is 8.47. The molecule has 4 atom stereocenters.